The Morgan fingerprint density at radius 3 is 2.68 bits per heavy atom. The fourth-order valence-electron chi connectivity index (χ4n) is 3.36. The number of rotatable bonds is 9. The second-order valence-electron chi connectivity index (χ2n) is 6.92. The molecule has 2 aromatic rings. The van der Waals surface area contributed by atoms with Gasteiger partial charge in [-0.15, -0.1) is 6.58 Å². The van der Waals surface area contributed by atoms with Crippen LogP contribution in [0.25, 0.3) is 0 Å². The number of nitrogens with zero attached hydrogens (tertiary/aromatic N) is 3. The fourth-order valence-corrected chi connectivity index (χ4v) is 3.36. The summed E-state index contributed by atoms with van der Waals surface area (Å²) in [4.78, 5) is 8.94. The topological polar surface area (TPSA) is 58.1 Å². The number of benzene rings is 1. The molecular formula is C22H29N3O3. The lowest BCUT2D eigenvalue weighted by Gasteiger charge is -2.36. The van der Waals surface area contributed by atoms with Crippen molar-refractivity contribution in [1.82, 2.24) is 9.88 Å². The first-order valence-corrected chi connectivity index (χ1v) is 9.66. The first kappa shape index (κ1) is 20.2. The predicted octanol–water partition coefficient (Wildman–Crippen LogP) is 2.38. The molecule has 1 aliphatic rings. The highest BCUT2D eigenvalue weighted by molar-refractivity contribution is 5.43. The Balaban J connectivity index is 1.45. The Morgan fingerprint density at radius 2 is 2.00 bits per heavy atom. The number of aromatic nitrogens is 1. The third-order valence-corrected chi connectivity index (χ3v) is 4.85. The monoisotopic (exact) mass is 383 g/mol. The third kappa shape index (κ3) is 5.47. The van der Waals surface area contributed by atoms with Gasteiger partial charge in [-0.25, -0.2) is 4.98 Å². The fraction of sp³-hybridized carbons (Fsp3) is 0.409. The van der Waals surface area contributed by atoms with Crippen LogP contribution in [-0.4, -0.2) is 67.5 Å². The van der Waals surface area contributed by atoms with Crippen molar-refractivity contribution in [2.45, 2.75) is 12.5 Å². The Kier molecular flexibility index (Phi) is 7.28. The van der Waals surface area contributed by atoms with Crippen LogP contribution < -0.4 is 14.4 Å². The number of aliphatic hydroxyl groups is 1. The summed E-state index contributed by atoms with van der Waals surface area (Å²) in [6, 6.07) is 11.8. The van der Waals surface area contributed by atoms with Gasteiger partial charge in [-0.2, -0.15) is 0 Å². The zero-order valence-electron chi connectivity index (χ0n) is 16.5. The molecule has 1 aromatic heterocycles. The molecular weight excluding hydrogens is 354 g/mol. The van der Waals surface area contributed by atoms with E-state index < -0.39 is 6.10 Å². The number of allylic oxidation sites excluding steroid dienone is 1. The molecule has 1 fully saturated rings. The lowest BCUT2D eigenvalue weighted by atomic mass is 10.1. The predicted molar refractivity (Wildman–Crippen MR) is 111 cm³/mol. The van der Waals surface area contributed by atoms with Crippen LogP contribution in [0.2, 0.25) is 0 Å². The van der Waals surface area contributed by atoms with E-state index in [2.05, 4.69) is 21.4 Å². The minimum Gasteiger partial charge on any atom is -0.493 e. The number of methoxy groups -OCH3 is 1. The van der Waals surface area contributed by atoms with E-state index >= 15 is 0 Å². The second-order valence-corrected chi connectivity index (χ2v) is 6.92. The van der Waals surface area contributed by atoms with Crippen molar-refractivity contribution < 1.29 is 14.6 Å². The molecule has 1 aliphatic heterocycles. The van der Waals surface area contributed by atoms with E-state index in [0.29, 0.717) is 18.0 Å². The number of aliphatic hydroxyl groups excluding tert-OH is 1. The minimum absolute atomic E-state index is 0.234. The van der Waals surface area contributed by atoms with Crippen molar-refractivity contribution in [3.05, 3.63) is 60.8 Å². The van der Waals surface area contributed by atoms with Gasteiger partial charge in [0.05, 0.1) is 7.11 Å². The number of anilines is 1. The van der Waals surface area contributed by atoms with E-state index in [-0.39, 0.29) is 6.61 Å². The molecule has 0 saturated carbocycles. The Bertz CT molecular complexity index is 746. The quantitative estimate of drug-likeness (QED) is 0.671. The summed E-state index contributed by atoms with van der Waals surface area (Å²) in [6.45, 7) is 8.18. The van der Waals surface area contributed by atoms with Crippen molar-refractivity contribution in [2.24, 2.45) is 0 Å². The molecule has 0 unspecified atom stereocenters. The van der Waals surface area contributed by atoms with Crippen LogP contribution in [-0.2, 0) is 6.42 Å². The van der Waals surface area contributed by atoms with Crippen molar-refractivity contribution in [1.29, 1.82) is 0 Å². The molecule has 0 spiro atoms. The number of ether oxygens (including phenoxy) is 2. The second kappa shape index (κ2) is 10.1. The molecule has 2 heterocycles. The van der Waals surface area contributed by atoms with E-state index in [4.69, 9.17) is 9.47 Å². The number of hydrogen-bond donors (Lipinski definition) is 1. The summed E-state index contributed by atoms with van der Waals surface area (Å²) in [7, 11) is 1.62. The maximum atomic E-state index is 10.4. The average Bonchev–Trinajstić information content (AvgIpc) is 2.74. The molecule has 0 aliphatic carbocycles. The highest BCUT2D eigenvalue weighted by Crippen LogP contribution is 2.28. The maximum absolute atomic E-state index is 10.4. The van der Waals surface area contributed by atoms with Crippen LogP contribution in [0.3, 0.4) is 0 Å². The van der Waals surface area contributed by atoms with Gasteiger partial charge in [-0.3, -0.25) is 4.90 Å². The number of pyridine rings is 1. The van der Waals surface area contributed by atoms with Crippen molar-refractivity contribution in [3.8, 4) is 11.5 Å². The van der Waals surface area contributed by atoms with Crippen LogP contribution >= 0.6 is 0 Å². The molecule has 1 N–H and O–H groups in total. The van der Waals surface area contributed by atoms with Gasteiger partial charge in [0.2, 0.25) is 0 Å². The lowest BCUT2D eigenvalue weighted by Crippen LogP contribution is -2.49. The number of β-amino-alcohol motifs (C(OH)–C–C–N with tert-alkyl or cyclic N) is 1. The van der Waals surface area contributed by atoms with E-state index in [1.807, 2.05) is 48.7 Å². The molecule has 1 aromatic carbocycles. The van der Waals surface area contributed by atoms with Gasteiger partial charge in [0.15, 0.2) is 11.5 Å². The Hall–Kier alpha value is -2.57. The first-order valence-electron chi connectivity index (χ1n) is 9.66. The van der Waals surface area contributed by atoms with E-state index in [1.54, 1.807) is 7.11 Å². The number of piperazine rings is 1. The molecule has 1 atom stereocenters. The lowest BCUT2D eigenvalue weighted by molar-refractivity contribution is 0.0653. The van der Waals surface area contributed by atoms with Crippen LogP contribution in [0.1, 0.15) is 5.56 Å². The smallest absolute Gasteiger partial charge is 0.161 e. The summed E-state index contributed by atoms with van der Waals surface area (Å²) in [5.74, 6) is 2.34. The van der Waals surface area contributed by atoms with E-state index in [1.165, 1.54) is 0 Å². The van der Waals surface area contributed by atoms with Gasteiger partial charge < -0.3 is 19.5 Å². The summed E-state index contributed by atoms with van der Waals surface area (Å²) in [6.07, 6.45) is 3.90. The average molecular weight is 383 g/mol. The molecule has 0 bridgehead atoms. The normalized spacial score (nSPS) is 15.9. The summed E-state index contributed by atoms with van der Waals surface area (Å²) >= 11 is 0. The van der Waals surface area contributed by atoms with Crippen molar-refractivity contribution in [2.75, 3.05) is 51.3 Å². The highest BCUT2D eigenvalue weighted by atomic mass is 16.5. The van der Waals surface area contributed by atoms with Crippen LogP contribution in [0.15, 0.2) is 55.3 Å². The maximum Gasteiger partial charge on any atom is 0.161 e. The zero-order valence-corrected chi connectivity index (χ0v) is 16.5. The van der Waals surface area contributed by atoms with Gasteiger partial charge >= 0.3 is 0 Å². The minimum atomic E-state index is -0.557. The first-order chi connectivity index (χ1) is 13.7. The van der Waals surface area contributed by atoms with Crippen molar-refractivity contribution >= 4 is 5.82 Å². The highest BCUT2D eigenvalue weighted by Gasteiger charge is 2.20. The Labute approximate surface area is 167 Å². The van der Waals surface area contributed by atoms with E-state index in [0.717, 1.165) is 44.0 Å². The molecule has 28 heavy (non-hydrogen) atoms. The molecule has 1 saturated heterocycles. The molecule has 6 nitrogen and oxygen atoms in total. The zero-order chi connectivity index (χ0) is 19.8. The van der Waals surface area contributed by atoms with Crippen molar-refractivity contribution in [3.63, 3.8) is 0 Å². The Morgan fingerprint density at radius 1 is 1.18 bits per heavy atom. The molecule has 0 amide bonds. The molecule has 150 valence electrons. The largest absolute Gasteiger partial charge is 0.493 e. The third-order valence-electron chi connectivity index (χ3n) is 4.85. The summed E-state index contributed by atoms with van der Waals surface area (Å²) in [5, 5.41) is 10.4. The van der Waals surface area contributed by atoms with Gasteiger partial charge in [0.25, 0.3) is 0 Å². The van der Waals surface area contributed by atoms with Gasteiger partial charge in [-0.1, -0.05) is 18.2 Å². The summed E-state index contributed by atoms with van der Waals surface area (Å²) < 4.78 is 11.2. The van der Waals surface area contributed by atoms with Crippen LogP contribution in [0.5, 0.6) is 11.5 Å². The van der Waals surface area contributed by atoms with Gasteiger partial charge in [0, 0.05) is 38.9 Å². The SMILES string of the molecule is C=CCc1ccc(OC[C@@H](O)CN2CCN(c3ccccn3)CC2)c(OC)c1. The van der Waals surface area contributed by atoms with Gasteiger partial charge in [0.1, 0.15) is 18.5 Å². The van der Waals surface area contributed by atoms with E-state index in [9.17, 15) is 5.11 Å². The standard InChI is InChI=1S/C22H29N3O3/c1-3-6-18-8-9-20(21(15-18)27-2)28-17-19(26)16-24-11-13-25(14-12-24)22-7-4-5-10-23-22/h3-5,7-10,15,19,26H,1,6,11-14,16-17H2,2H3/t19-/m0/s1. The van der Waals surface area contributed by atoms with Gasteiger partial charge in [-0.05, 0) is 36.2 Å². The van der Waals surface area contributed by atoms with Crippen LogP contribution in [0, 0.1) is 0 Å². The molecule has 0 radical (unpaired) electrons. The molecule has 3 rings (SSSR count). The number of hydrogen-bond acceptors (Lipinski definition) is 6. The summed E-state index contributed by atoms with van der Waals surface area (Å²) in [5.41, 5.74) is 1.12. The van der Waals surface area contributed by atoms with Crippen LogP contribution in [0.4, 0.5) is 5.82 Å². The molecule has 6 heteroatoms.